The zero-order valence-corrected chi connectivity index (χ0v) is 10.5. The first kappa shape index (κ1) is 11.3. The molecule has 1 aliphatic rings. The van der Waals surface area contributed by atoms with Crippen LogP contribution in [0, 0.1) is 6.92 Å². The maximum absolute atomic E-state index is 4.18. The monoisotopic (exact) mass is 233 g/mol. The van der Waals surface area contributed by atoms with Gasteiger partial charge in [-0.2, -0.15) is 0 Å². The van der Waals surface area contributed by atoms with Crippen molar-refractivity contribution in [2.75, 3.05) is 0 Å². The fourth-order valence-electron chi connectivity index (χ4n) is 2.86. The van der Waals surface area contributed by atoms with Gasteiger partial charge >= 0.3 is 0 Å². The maximum Gasteiger partial charge on any atom is 0.0181 e. The minimum Gasteiger partial charge on any atom is -0.0730 e. The number of hydrogen-bond donors (Lipinski definition) is 0. The van der Waals surface area contributed by atoms with Gasteiger partial charge in [0.25, 0.3) is 0 Å². The van der Waals surface area contributed by atoms with Crippen molar-refractivity contribution in [3.63, 3.8) is 0 Å². The van der Waals surface area contributed by atoms with Gasteiger partial charge in [-0.05, 0) is 29.5 Å². The molecule has 0 saturated heterocycles. The van der Waals surface area contributed by atoms with E-state index in [4.69, 9.17) is 0 Å². The third kappa shape index (κ3) is 1.78. The first-order valence-electron chi connectivity index (χ1n) is 6.46. The minimum atomic E-state index is 0.0813. The van der Waals surface area contributed by atoms with Crippen molar-refractivity contribution in [1.29, 1.82) is 0 Å². The van der Waals surface area contributed by atoms with E-state index in [2.05, 4.69) is 73.7 Å². The molecule has 0 saturated carbocycles. The van der Waals surface area contributed by atoms with Gasteiger partial charge in [0.1, 0.15) is 0 Å². The highest BCUT2D eigenvalue weighted by Crippen LogP contribution is 2.40. The summed E-state index contributed by atoms with van der Waals surface area (Å²) in [4.78, 5) is 0. The highest BCUT2D eigenvalue weighted by Gasteiger charge is 2.32. The molecule has 3 rings (SSSR count). The molecule has 0 amide bonds. The Morgan fingerprint density at radius 1 is 0.889 bits per heavy atom. The molecule has 0 heterocycles. The van der Waals surface area contributed by atoms with Crippen LogP contribution in [0.2, 0.25) is 0 Å². The van der Waals surface area contributed by atoms with E-state index in [0.717, 1.165) is 12.8 Å². The predicted octanol–water partition coefficient (Wildman–Crippen LogP) is 4.42. The van der Waals surface area contributed by atoms with Gasteiger partial charge in [0, 0.05) is 5.41 Å². The van der Waals surface area contributed by atoms with Gasteiger partial charge in [-0.25, -0.2) is 0 Å². The highest BCUT2D eigenvalue weighted by molar-refractivity contribution is 5.65. The number of hydrogen-bond acceptors (Lipinski definition) is 0. The Balaban J connectivity index is 2.01. The standard InChI is InChI=1S/C18H17/c1-2-18(14-15-8-4-3-5-9-15)13-12-16-10-6-7-11-17(16)18/h3-13H,1-2,14H2. The first-order chi connectivity index (χ1) is 8.84. The van der Waals surface area contributed by atoms with Crippen molar-refractivity contribution in [3.05, 3.63) is 84.3 Å². The fraction of sp³-hybridized carbons (Fsp3) is 0.167. The number of allylic oxidation sites excluding steroid dienone is 1. The minimum absolute atomic E-state index is 0.0813. The summed E-state index contributed by atoms with van der Waals surface area (Å²) in [5.41, 5.74) is 4.22. The van der Waals surface area contributed by atoms with Crippen molar-refractivity contribution >= 4 is 6.08 Å². The molecule has 1 radical (unpaired) electrons. The molecule has 89 valence electrons. The summed E-state index contributed by atoms with van der Waals surface area (Å²) in [6.45, 7) is 4.18. The lowest BCUT2D eigenvalue weighted by Crippen LogP contribution is -2.24. The lowest BCUT2D eigenvalue weighted by molar-refractivity contribution is 0.546. The molecule has 0 aliphatic heterocycles. The van der Waals surface area contributed by atoms with Crippen LogP contribution in [-0.4, -0.2) is 0 Å². The molecule has 0 N–H and O–H groups in total. The normalized spacial score (nSPS) is 20.9. The van der Waals surface area contributed by atoms with Gasteiger partial charge in [0.05, 0.1) is 0 Å². The van der Waals surface area contributed by atoms with Crippen LogP contribution in [0.3, 0.4) is 0 Å². The number of rotatable bonds is 3. The van der Waals surface area contributed by atoms with Crippen LogP contribution < -0.4 is 0 Å². The largest absolute Gasteiger partial charge is 0.0730 e. The zero-order chi connectivity index (χ0) is 12.4. The van der Waals surface area contributed by atoms with Crippen molar-refractivity contribution < 1.29 is 0 Å². The molecule has 0 aromatic heterocycles. The lowest BCUT2D eigenvalue weighted by Gasteiger charge is -2.28. The van der Waals surface area contributed by atoms with Crippen LogP contribution in [0.15, 0.2) is 60.7 Å². The summed E-state index contributed by atoms with van der Waals surface area (Å²) in [6.07, 6.45) is 6.50. The molecule has 0 nitrogen and oxygen atoms in total. The van der Waals surface area contributed by atoms with Gasteiger partial charge in [0.2, 0.25) is 0 Å². The molecule has 18 heavy (non-hydrogen) atoms. The zero-order valence-electron chi connectivity index (χ0n) is 10.5. The van der Waals surface area contributed by atoms with E-state index in [0.29, 0.717) is 0 Å². The van der Waals surface area contributed by atoms with E-state index < -0.39 is 0 Å². The molecule has 1 unspecified atom stereocenters. The second kappa shape index (κ2) is 4.45. The average molecular weight is 233 g/mol. The summed E-state index contributed by atoms with van der Waals surface area (Å²) in [5.74, 6) is 0. The second-order valence-electron chi connectivity index (χ2n) is 4.99. The summed E-state index contributed by atoms with van der Waals surface area (Å²) >= 11 is 0. The van der Waals surface area contributed by atoms with Crippen LogP contribution in [0.4, 0.5) is 0 Å². The Morgan fingerprint density at radius 2 is 1.61 bits per heavy atom. The Morgan fingerprint density at radius 3 is 2.39 bits per heavy atom. The first-order valence-corrected chi connectivity index (χ1v) is 6.46. The Hall–Kier alpha value is -1.82. The summed E-state index contributed by atoms with van der Waals surface area (Å²) in [5, 5.41) is 0. The Kier molecular flexibility index (Phi) is 2.79. The van der Waals surface area contributed by atoms with E-state index in [-0.39, 0.29) is 5.41 Å². The van der Waals surface area contributed by atoms with E-state index in [1.54, 1.807) is 0 Å². The van der Waals surface area contributed by atoms with Crippen molar-refractivity contribution in [3.8, 4) is 0 Å². The fourth-order valence-corrected chi connectivity index (χ4v) is 2.86. The molecule has 0 bridgehead atoms. The third-order valence-electron chi connectivity index (χ3n) is 3.89. The summed E-state index contributed by atoms with van der Waals surface area (Å²) in [6, 6.07) is 19.3. The Labute approximate surface area is 109 Å². The van der Waals surface area contributed by atoms with Gasteiger partial charge in [-0.3, -0.25) is 0 Å². The van der Waals surface area contributed by atoms with Crippen molar-refractivity contribution in [1.82, 2.24) is 0 Å². The molecule has 1 aliphatic carbocycles. The summed E-state index contributed by atoms with van der Waals surface area (Å²) < 4.78 is 0. The molecule has 0 heteroatoms. The lowest BCUT2D eigenvalue weighted by atomic mass is 9.75. The predicted molar refractivity (Wildman–Crippen MR) is 77.3 cm³/mol. The van der Waals surface area contributed by atoms with Gasteiger partial charge in [-0.15, -0.1) is 0 Å². The van der Waals surface area contributed by atoms with Crippen molar-refractivity contribution in [2.24, 2.45) is 0 Å². The number of benzene rings is 2. The average Bonchev–Trinajstić information content (AvgIpc) is 2.80. The third-order valence-corrected chi connectivity index (χ3v) is 3.89. The SMILES string of the molecule is [CH2]CC1(Cc2ccccc2)C=Cc2ccccc21. The van der Waals surface area contributed by atoms with Gasteiger partial charge in [0.15, 0.2) is 0 Å². The molecular weight excluding hydrogens is 216 g/mol. The smallest absolute Gasteiger partial charge is 0.0181 e. The topological polar surface area (TPSA) is 0 Å². The summed E-state index contributed by atoms with van der Waals surface area (Å²) in [7, 11) is 0. The molecule has 2 aromatic carbocycles. The van der Waals surface area contributed by atoms with Crippen LogP contribution in [-0.2, 0) is 11.8 Å². The van der Waals surface area contributed by atoms with Gasteiger partial charge in [-0.1, -0.05) is 73.7 Å². The number of fused-ring (bicyclic) bond motifs is 1. The molecule has 0 spiro atoms. The van der Waals surface area contributed by atoms with E-state index in [9.17, 15) is 0 Å². The van der Waals surface area contributed by atoms with Crippen LogP contribution in [0.5, 0.6) is 0 Å². The van der Waals surface area contributed by atoms with E-state index in [1.807, 2.05) is 0 Å². The van der Waals surface area contributed by atoms with Gasteiger partial charge < -0.3 is 0 Å². The molecular formula is C18H17. The molecule has 0 fully saturated rings. The van der Waals surface area contributed by atoms with Crippen LogP contribution in [0.25, 0.3) is 6.08 Å². The van der Waals surface area contributed by atoms with E-state index in [1.165, 1.54) is 16.7 Å². The van der Waals surface area contributed by atoms with E-state index >= 15 is 0 Å². The highest BCUT2D eigenvalue weighted by atomic mass is 14.4. The molecule has 1 atom stereocenters. The second-order valence-corrected chi connectivity index (χ2v) is 4.99. The van der Waals surface area contributed by atoms with Crippen LogP contribution in [0.1, 0.15) is 23.1 Å². The quantitative estimate of drug-likeness (QED) is 0.736. The van der Waals surface area contributed by atoms with Crippen LogP contribution >= 0.6 is 0 Å². The Bertz CT molecular complexity index is 566. The maximum atomic E-state index is 4.18. The van der Waals surface area contributed by atoms with Crippen molar-refractivity contribution in [2.45, 2.75) is 18.3 Å². The molecule has 2 aromatic rings.